The fraction of sp³-hybridized carbons (Fsp3) is 0.0741. The Bertz CT molecular complexity index is 1230. The molecule has 0 aromatic heterocycles. The Labute approximate surface area is 179 Å². The molecule has 0 fully saturated rings. The molecule has 0 amide bonds. The molecule has 0 saturated carbocycles. The third-order valence-electron chi connectivity index (χ3n) is 5.24. The number of halogens is 2. The maximum Gasteiger partial charge on any atom is 0.196 e. The van der Waals surface area contributed by atoms with Gasteiger partial charge < -0.3 is 5.11 Å². The highest BCUT2D eigenvalue weighted by molar-refractivity contribution is 6.08. The van der Waals surface area contributed by atoms with Gasteiger partial charge in [-0.2, -0.15) is 0 Å². The van der Waals surface area contributed by atoms with Crippen molar-refractivity contribution >= 4 is 5.78 Å². The zero-order valence-corrected chi connectivity index (χ0v) is 16.8. The van der Waals surface area contributed by atoms with Gasteiger partial charge in [0.15, 0.2) is 5.78 Å². The minimum absolute atomic E-state index is 0.264. The first-order valence-corrected chi connectivity index (χ1v) is 9.88. The van der Waals surface area contributed by atoms with Crippen molar-refractivity contribution in [2.75, 3.05) is 0 Å². The number of hydrogen-bond donors (Lipinski definition) is 1. The van der Waals surface area contributed by atoms with Gasteiger partial charge in [0, 0.05) is 11.1 Å². The van der Waals surface area contributed by atoms with Gasteiger partial charge in [0.2, 0.25) is 0 Å². The molecule has 31 heavy (non-hydrogen) atoms. The molecule has 0 saturated heterocycles. The summed E-state index contributed by atoms with van der Waals surface area (Å²) in [6.07, 6.45) is -1.36. The van der Waals surface area contributed by atoms with Crippen LogP contribution in [0.3, 0.4) is 0 Å². The van der Waals surface area contributed by atoms with Crippen LogP contribution in [0.15, 0.2) is 91.0 Å². The van der Waals surface area contributed by atoms with E-state index in [1.54, 1.807) is 54.6 Å². The number of aryl methyl sites for hydroxylation is 1. The molecule has 1 atom stereocenters. The summed E-state index contributed by atoms with van der Waals surface area (Å²) < 4.78 is 27.5. The van der Waals surface area contributed by atoms with Gasteiger partial charge in [-0.15, -0.1) is 0 Å². The summed E-state index contributed by atoms with van der Waals surface area (Å²) in [6, 6.07) is 24.0. The number of carbonyl (C=O) groups is 1. The number of Topliss-reactive ketones (excluding diaryl/α,β-unsaturated/α-hetero) is 1. The van der Waals surface area contributed by atoms with Gasteiger partial charge >= 0.3 is 0 Å². The summed E-state index contributed by atoms with van der Waals surface area (Å²) in [5.74, 6) is -1.31. The topological polar surface area (TPSA) is 37.3 Å². The maximum absolute atomic E-state index is 14.1. The van der Waals surface area contributed by atoms with Crippen molar-refractivity contribution in [1.29, 1.82) is 0 Å². The van der Waals surface area contributed by atoms with E-state index in [9.17, 15) is 18.7 Å². The van der Waals surface area contributed by atoms with E-state index >= 15 is 0 Å². The van der Waals surface area contributed by atoms with Crippen molar-refractivity contribution in [3.8, 4) is 22.3 Å². The third kappa shape index (κ3) is 4.30. The molecule has 0 bridgehead atoms. The van der Waals surface area contributed by atoms with E-state index in [1.165, 1.54) is 24.3 Å². The molecule has 4 aromatic carbocycles. The summed E-state index contributed by atoms with van der Waals surface area (Å²) in [4.78, 5) is 13.3. The van der Waals surface area contributed by atoms with Crippen LogP contribution < -0.4 is 0 Å². The van der Waals surface area contributed by atoms with Gasteiger partial charge in [-0.1, -0.05) is 72.3 Å². The van der Waals surface area contributed by atoms with E-state index in [1.807, 2.05) is 19.1 Å². The monoisotopic (exact) mass is 414 g/mol. The average molecular weight is 414 g/mol. The van der Waals surface area contributed by atoms with E-state index < -0.39 is 17.7 Å². The highest BCUT2D eigenvalue weighted by Gasteiger charge is 2.24. The first-order valence-electron chi connectivity index (χ1n) is 9.88. The second kappa shape index (κ2) is 8.62. The van der Waals surface area contributed by atoms with E-state index in [0.29, 0.717) is 27.8 Å². The average Bonchev–Trinajstić information content (AvgIpc) is 2.78. The first kappa shape index (κ1) is 20.6. The molecule has 0 radical (unpaired) electrons. The SMILES string of the molecule is Cc1ccc(C(O)C(=O)c2cccc(-c3ccc(F)cc3)c2-c2cccc(F)c2)cc1. The highest BCUT2D eigenvalue weighted by Crippen LogP contribution is 2.37. The van der Waals surface area contributed by atoms with E-state index in [2.05, 4.69) is 0 Å². The number of hydrogen-bond acceptors (Lipinski definition) is 2. The van der Waals surface area contributed by atoms with Gasteiger partial charge in [-0.3, -0.25) is 4.79 Å². The van der Waals surface area contributed by atoms with Crippen molar-refractivity contribution in [2.24, 2.45) is 0 Å². The Morgan fingerprint density at radius 1 is 0.774 bits per heavy atom. The van der Waals surface area contributed by atoms with Crippen molar-refractivity contribution < 1.29 is 18.7 Å². The molecular weight excluding hydrogens is 394 g/mol. The van der Waals surface area contributed by atoms with Crippen molar-refractivity contribution in [2.45, 2.75) is 13.0 Å². The molecule has 4 rings (SSSR count). The largest absolute Gasteiger partial charge is 0.380 e. The summed E-state index contributed by atoms with van der Waals surface area (Å²) in [7, 11) is 0. The summed E-state index contributed by atoms with van der Waals surface area (Å²) in [6.45, 7) is 1.92. The second-order valence-corrected chi connectivity index (χ2v) is 7.42. The Morgan fingerprint density at radius 3 is 2.13 bits per heavy atom. The number of benzene rings is 4. The van der Waals surface area contributed by atoms with E-state index in [-0.39, 0.29) is 11.4 Å². The molecule has 0 spiro atoms. The fourth-order valence-electron chi connectivity index (χ4n) is 3.63. The molecule has 2 nitrogen and oxygen atoms in total. The molecule has 0 heterocycles. The number of aliphatic hydroxyl groups is 1. The van der Waals surface area contributed by atoms with E-state index in [0.717, 1.165) is 5.56 Å². The molecule has 154 valence electrons. The molecular formula is C27H20F2O2. The van der Waals surface area contributed by atoms with Crippen LogP contribution in [0.2, 0.25) is 0 Å². The lowest BCUT2D eigenvalue weighted by Gasteiger charge is -2.18. The molecule has 0 aliphatic carbocycles. The van der Waals surface area contributed by atoms with Crippen LogP contribution in [0.1, 0.15) is 27.6 Å². The Kier molecular flexibility index (Phi) is 5.74. The smallest absolute Gasteiger partial charge is 0.196 e. The first-order chi connectivity index (χ1) is 14.9. The molecule has 0 aliphatic heterocycles. The maximum atomic E-state index is 14.1. The van der Waals surface area contributed by atoms with Crippen LogP contribution in [0.5, 0.6) is 0 Å². The molecule has 0 aliphatic rings. The molecule has 1 unspecified atom stereocenters. The standard InChI is InChI=1S/C27H20F2O2/c1-17-8-10-19(11-9-17)26(30)27(31)24-7-3-6-23(18-12-14-21(28)15-13-18)25(24)20-4-2-5-22(29)16-20/h2-16,26,30H,1H3. The van der Waals surface area contributed by atoms with Crippen LogP contribution in [-0.2, 0) is 0 Å². The number of ketones is 1. The summed E-state index contributed by atoms with van der Waals surface area (Å²) in [5.41, 5.74) is 4.08. The fourth-order valence-corrected chi connectivity index (χ4v) is 3.63. The predicted molar refractivity (Wildman–Crippen MR) is 118 cm³/mol. The highest BCUT2D eigenvalue weighted by atomic mass is 19.1. The lowest BCUT2D eigenvalue weighted by atomic mass is 9.87. The predicted octanol–water partition coefficient (Wildman–Crippen LogP) is 6.52. The molecule has 4 aromatic rings. The number of rotatable bonds is 5. The molecule has 4 heteroatoms. The van der Waals surface area contributed by atoms with Crippen molar-refractivity contribution in [1.82, 2.24) is 0 Å². The normalized spacial score (nSPS) is 11.9. The van der Waals surface area contributed by atoms with Gasteiger partial charge in [0.1, 0.15) is 17.7 Å². The molecule has 1 N–H and O–H groups in total. The lowest BCUT2D eigenvalue weighted by Crippen LogP contribution is -2.14. The third-order valence-corrected chi connectivity index (χ3v) is 5.24. The zero-order valence-electron chi connectivity index (χ0n) is 16.8. The van der Waals surface area contributed by atoms with Crippen molar-refractivity contribution in [3.05, 3.63) is 119 Å². The van der Waals surface area contributed by atoms with Crippen LogP contribution >= 0.6 is 0 Å². The van der Waals surface area contributed by atoms with Gasteiger partial charge in [0.05, 0.1) is 0 Å². The zero-order chi connectivity index (χ0) is 22.0. The Morgan fingerprint density at radius 2 is 1.45 bits per heavy atom. The lowest BCUT2D eigenvalue weighted by molar-refractivity contribution is 0.0748. The van der Waals surface area contributed by atoms with Crippen LogP contribution in [0.4, 0.5) is 8.78 Å². The van der Waals surface area contributed by atoms with Gasteiger partial charge in [0.25, 0.3) is 0 Å². The number of carbonyl (C=O) groups excluding carboxylic acids is 1. The van der Waals surface area contributed by atoms with Crippen LogP contribution in [0, 0.1) is 18.6 Å². The van der Waals surface area contributed by atoms with Crippen LogP contribution in [-0.4, -0.2) is 10.9 Å². The minimum atomic E-state index is -1.36. The summed E-state index contributed by atoms with van der Waals surface area (Å²) >= 11 is 0. The minimum Gasteiger partial charge on any atom is -0.380 e. The van der Waals surface area contributed by atoms with Gasteiger partial charge in [-0.25, -0.2) is 8.78 Å². The Hall–Kier alpha value is -3.63. The second-order valence-electron chi connectivity index (χ2n) is 7.42. The van der Waals surface area contributed by atoms with Gasteiger partial charge in [-0.05, 0) is 53.4 Å². The van der Waals surface area contributed by atoms with Crippen molar-refractivity contribution in [3.63, 3.8) is 0 Å². The number of aliphatic hydroxyl groups excluding tert-OH is 1. The quantitative estimate of drug-likeness (QED) is 0.377. The Balaban J connectivity index is 1.89. The van der Waals surface area contributed by atoms with Crippen LogP contribution in [0.25, 0.3) is 22.3 Å². The van der Waals surface area contributed by atoms with E-state index in [4.69, 9.17) is 0 Å². The summed E-state index contributed by atoms with van der Waals surface area (Å²) in [5, 5.41) is 10.8.